The third-order valence-corrected chi connectivity index (χ3v) is 5.91. The monoisotopic (exact) mass is 439 g/mol. The summed E-state index contributed by atoms with van der Waals surface area (Å²) in [7, 11) is 0. The van der Waals surface area contributed by atoms with Gasteiger partial charge >= 0.3 is 5.97 Å². The molecule has 3 rings (SSSR count). The van der Waals surface area contributed by atoms with Crippen LogP contribution in [0.25, 0.3) is 10.8 Å². The summed E-state index contributed by atoms with van der Waals surface area (Å²) < 4.78 is 1.40. The summed E-state index contributed by atoms with van der Waals surface area (Å²) in [5, 5.41) is 20.8. The summed E-state index contributed by atoms with van der Waals surface area (Å²) in [5.41, 5.74) is 1.05. The molecule has 0 aliphatic heterocycles. The minimum absolute atomic E-state index is 0.503. The van der Waals surface area contributed by atoms with E-state index < -0.39 is 10.7 Å². The Labute approximate surface area is 162 Å². The van der Waals surface area contributed by atoms with E-state index in [1.165, 1.54) is 0 Å². The fourth-order valence-corrected chi connectivity index (χ4v) is 3.99. The van der Waals surface area contributed by atoms with Gasteiger partial charge in [0.1, 0.15) is 4.75 Å². The number of carboxylic acid groups (broad SMARTS) is 1. The van der Waals surface area contributed by atoms with E-state index in [1.54, 1.807) is 13.8 Å². The molecule has 0 aliphatic rings. The molecular formula is C17H15BrClN3O2S. The van der Waals surface area contributed by atoms with Gasteiger partial charge in [-0.1, -0.05) is 53.7 Å². The molecule has 0 fully saturated rings. The quantitative estimate of drug-likeness (QED) is 0.574. The summed E-state index contributed by atoms with van der Waals surface area (Å²) in [6, 6.07) is 11.7. The van der Waals surface area contributed by atoms with Gasteiger partial charge in [0.25, 0.3) is 0 Å². The van der Waals surface area contributed by atoms with Crippen molar-refractivity contribution in [2.24, 2.45) is 0 Å². The van der Waals surface area contributed by atoms with Crippen molar-refractivity contribution in [2.45, 2.75) is 30.3 Å². The van der Waals surface area contributed by atoms with Crippen LogP contribution in [0.2, 0.25) is 5.02 Å². The van der Waals surface area contributed by atoms with Crippen molar-refractivity contribution < 1.29 is 9.90 Å². The summed E-state index contributed by atoms with van der Waals surface area (Å²) in [6.07, 6.45) is 0. The first-order chi connectivity index (χ1) is 11.8. The van der Waals surface area contributed by atoms with Gasteiger partial charge in [-0.2, -0.15) is 0 Å². The fourth-order valence-electron chi connectivity index (χ4n) is 2.38. The van der Waals surface area contributed by atoms with Crippen LogP contribution in [0.15, 0.2) is 46.3 Å². The predicted octanol–water partition coefficient (Wildman–Crippen LogP) is 4.85. The molecule has 1 heterocycles. The molecular weight excluding hydrogens is 426 g/mol. The number of carboxylic acids is 1. The van der Waals surface area contributed by atoms with Crippen molar-refractivity contribution in [3.63, 3.8) is 0 Å². The zero-order valence-electron chi connectivity index (χ0n) is 13.5. The molecule has 0 saturated heterocycles. The van der Waals surface area contributed by atoms with Crippen molar-refractivity contribution in [2.75, 3.05) is 0 Å². The van der Waals surface area contributed by atoms with Crippen LogP contribution in [-0.4, -0.2) is 30.6 Å². The Balaban J connectivity index is 2.01. The lowest BCUT2D eigenvalue weighted by molar-refractivity contribution is -0.138. The molecule has 3 aromatic rings. The van der Waals surface area contributed by atoms with Crippen LogP contribution in [0.1, 0.15) is 19.4 Å². The Morgan fingerprint density at radius 3 is 2.60 bits per heavy atom. The van der Waals surface area contributed by atoms with Crippen LogP contribution >= 0.6 is 39.3 Å². The average molecular weight is 441 g/mol. The first-order valence-electron chi connectivity index (χ1n) is 7.47. The predicted molar refractivity (Wildman–Crippen MR) is 103 cm³/mol. The van der Waals surface area contributed by atoms with Crippen LogP contribution in [-0.2, 0) is 11.3 Å². The number of fused-ring (bicyclic) bond motifs is 1. The molecule has 2 aromatic carbocycles. The fraction of sp³-hybridized carbons (Fsp3) is 0.235. The van der Waals surface area contributed by atoms with Crippen LogP contribution in [0.5, 0.6) is 0 Å². The number of nitrogens with zero attached hydrogens (tertiary/aromatic N) is 3. The maximum absolute atomic E-state index is 11.4. The number of aliphatic carboxylic acids is 1. The number of thioether (sulfide) groups is 1. The van der Waals surface area contributed by atoms with E-state index in [0.717, 1.165) is 28.1 Å². The Kier molecular flexibility index (Phi) is 5.09. The molecule has 0 radical (unpaired) electrons. The molecule has 0 spiro atoms. The molecule has 0 aliphatic carbocycles. The first kappa shape index (κ1) is 18.2. The largest absolute Gasteiger partial charge is 0.480 e. The summed E-state index contributed by atoms with van der Waals surface area (Å²) >= 11 is 10.8. The van der Waals surface area contributed by atoms with Crippen molar-refractivity contribution in [1.29, 1.82) is 0 Å². The second-order valence-corrected chi connectivity index (χ2v) is 8.71. The standard InChI is InChI=1S/C17H15BrClN3O2S/c1-17(2,14(23)24)25-16-21-20-15(18)22(16)9-10-7-8-13(19)12-6-4-3-5-11(10)12/h3-8H,9H2,1-2H3,(H,23,24). The highest BCUT2D eigenvalue weighted by Gasteiger charge is 2.31. The normalized spacial score (nSPS) is 11.8. The zero-order chi connectivity index (χ0) is 18.2. The van der Waals surface area contributed by atoms with E-state index >= 15 is 0 Å². The molecule has 5 nitrogen and oxygen atoms in total. The second kappa shape index (κ2) is 6.97. The summed E-state index contributed by atoms with van der Waals surface area (Å²) in [5.74, 6) is -0.903. The van der Waals surface area contributed by atoms with E-state index in [1.807, 2.05) is 41.0 Å². The lowest BCUT2D eigenvalue weighted by Crippen LogP contribution is -2.27. The Morgan fingerprint density at radius 2 is 1.92 bits per heavy atom. The number of aromatic nitrogens is 3. The first-order valence-corrected chi connectivity index (χ1v) is 9.45. The molecule has 0 saturated carbocycles. The van der Waals surface area contributed by atoms with E-state index in [0.29, 0.717) is 21.5 Å². The number of halogens is 2. The SMILES string of the molecule is CC(C)(Sc1nnc(Br)n1Cc1ccc(Cl)c2ccccc12)C(=O)O. The zero-order valence-corrected chi connectivity index (χ0v) is 16.7. The number of benzene rings is 2. The lowest BCUT2D eigenvalue weighted by atomic mass is 10.0. The van der Waals surface area contributed by atoms with Gasteiger partial charge in [0, 0.05) is 10.4 Å². The maximum Gasteiger partial charge on any atom is 0.319 e. The Bertz CT molecular complexity index is 958. The van der Waals surface area contributed by atoms with E-state index in [9.17, 15) is 9.90 Å². The van der Waals surface area contributed by atoms with Gasteiger partial charge in [-0.05, 0) is 46.8 Å². The van der Waals surface area contributed by atoms with Gasteiger partial charge in [0.15, 0.2) is 5.16 Å². The van der Waals surface area contributed by atoms with Gasteiger partial charge in [-0.3, -0.25) is 9.36 Å². The van der Waals surface area contributed by atoms with E-state index in [4.69, 9.17) is 11.6 Å². The maximum atomic E-state index is 11.4. The molecule has 1 N–H and O–H groups in total. The second-order valence-electron chi connectivity index (χ2n) is 6.01. The smallest absolute Gasteiger partial charge is 0.319 e. The molecule has 0 unspecified atom stereocenters. The number of hydrogen-bond donors (Lipinski definition) is 1. The lowest BCUT2D eigenvalue weighted by Gasteiger charge is -2.18. The minimum Gasteiger partial charge on any atom is -0.480 e. The molecule has 0 atom stereocenters. The van der Waals surface area contributed by atoms with E-state index in [2.05, 4.69) is 26.1 Å². The summed E-state index contributed by atoms with van der Waals surface area (Å²) in [6.45, 7) is 3.79. The molecule has 25 heavy (non-hydrogen) atoms. The molecule has 0 bridgehead atoms. The van der Waals surface area contributed by atoms with Crippen LogP contribution < -0.4 is 0 Å². The number of hydrogen-bond acceptors (Lipinski definition) is 4. The highest BCUT2D eigenvalue weighted by Crippen LogP contribution is 2.34. The molecule has 0 amide bonds. The molecule has 1 aromatic heterocycles. The van der Waals surface area contributed by atoms with Crippen LogP contribution in [0.4, 0.5) is 0 Å². The molecule has 130 valence electrons. The van der Waals surface area contributed by atoms with Gasteiger partial charge in [0.05, 0.1) is 6.54 Å². The van der Waals surface area contributed by atoms with Crippen LogP contribution in [0.3, 0.4) is 0 Å². The summed E-state index contributed by atoms with van der Waals surface area (Å²) in [4.78, 5) is 11.4. The van der Waals surface area contributed by atoms with Crippen molar-refractivity contribution in [1.82, 2.24) is 14.8 Å². The van der Waals surface area contributed by atoms with Gasteiger partial charge in [-0.15, -0.1) is 10.2 Å². The van der Waals surface area contributed by atoms with Gasteiger partial charge < -0.3 is 5.11 Å². The topological polar surface area (TPSA) is 68.0 Å². The van der Waals surface area contributed by atoms with E-state index in [-0.39, 0.29) is 0 Å². The van der Waals surface area contributed by atoms with Crippen molar-refractivity contribution in [3.05, 3.63) is 51.7 Å². The van der Waals surface area contributed by atoms with Gasteiger partial charge in [-0.25, -0.2) is 0 Å². The highest BCUT2D eigenvalue weighted by molar-refractivity contribution is 9.10. The van der Waals surface area contributed by atoms with Crippen LogP contribution in [0, 0.1) is 0 Å². The Morgan fingerprint density at radius 1 is 1.24 bits per heavy atom. The third-order valence-electron chi connectivity index (χ3n) is 3.82. The van der Waals surface area contributed by atoms with Crippen molar-refractivity contribution >= 4 is 56.0 Å². The minimum atomic E-state index is -1.01. The average Bonchev–Trinajstić information content (AvgIpc) is 2.90. The van der Waals surface area contributed by atoms with Crippen molar-refractivity contribution in [3.8, 4) is 0 Å². The van der Waals surface area contributed by atoms with Gasteiger partial charge in [0.2, 0.25) is 4.73 Å². The number of carbonyl (C=O) groups is 1. The molecule has 8 heteroatoms. The highest BCUT2D eigenvalue weighted by atomic mass is 79.9. The third kappa shape index (κ3) is 3.68. The number of rotatable bonds is 5. The Hall–Kier alpha value is -1.57.